The molecule has 0 aliphatic heterocycles. The number of rotatable bonds is 5. The Hall–Kier alpha value is -3.48. The van der Waals surface area contributed by atoms with Crippen molar-refractivity contribution in [2.24, 2.45) is 0 Å². The summed E-state index contributed by atoms with van der Waals surface area (Å²) < 4.78 is 10.5. The van der Waals surface area contributed by atoms with Crippen molar-refractivity contribution >= 4 is 22.6 Å². The average molecular weight is 367 g/mol. The number of esters is 1. The van der Waals surface area contributed by atoms with Crippen molar-refractivity contribution in [2.45, 2.75) is 26.9 Å². The monoisotopic (exact) mass is 367 g/mol. The summed E-state index contributed by atoms with van der Waals surface area (Å²) >= 11 is 0. The number of ether oxygens (including phenoxy) is 1. The second-order valence-electron chi connectivity index (χ2n) is 6.06. The number of benzene rings is 2. The van der Waals surface area contributed by atoms with E-state index >= 15 is 0 Å². The molecule has 2 aromatic carbocycles. The average Bonchev–Trinajstić information content (AvgIpc) is 2.65. The highest BCUT2D eigenvalue weighted by Gasteiger charge is 2.19. The van der Waals surface area contributed by atoms with E-state index in [1.165, 1.54) is 31.2 Å². The molecule has 138 valence electrons. The predicted octanol–water partition coefficient (Wildman–Crippen LogP) is 3.93. The Morgan fingerprint density at radius 2 is 2.00 bits per heavy atom. The minimum absolute atomic E-state index is 0.116. The van der Waals surface area contributed by atoms with Crippen LogP contribution in [0.3, 0.4) is 0 Å². The van der Waals surface area contributed by atoms with E-state index in [1.807, 2.05) is 19.1 Å². The van der Waals surface area contributed by atoms with Crippen molar-refractivity contribution in [3.63, 3.8) is 0 Å². The van der Waals surface area contributed by atoms with Gasteiger partial charge >= 0.3 is 11.6 Å². The van der Waals surface area contributed by atoms with Crippen LogP contribution in [0, 0.1) is 17.0 Å². The number of aryl methyl sites for hydroxylation is 1. The molecule has 7 nitrogen and oxygen atoms in total. The van der Waals surface area contributed by atoms with E-state index < -0.39 is 16.5 Å². The van der Waals surface area contributed by atoms with Crippen LogP contribution in [0.1, 0.15) is 34.0 Å². The first-order chi connectivity index (χ1) is 12.9. The zero-order valence-electron chi connectivity index (χ0n) is 14.9. The molecule has 0 atom stereocenters. The fourth-order valence-electron chi connectivity index (χ4n) is 2.88. The standard InChI is InChI=1S/C20H17NO6/c1-3-13-7-8-16-14(10-19(22)27-18(16)9-13)11-26-20(23)15-5-4-6-17(12(15)2)21(24)25/h4-10H,3,11H2,1-2H3. The number of carbonyl (C=O) groups is 1. The number of hydrogen-bond donors (Lipinski definition) is 0. The number of fused-ring (bicyclic) bond motifs is 1. The van der Waals surface area contributed by atoms with Crippen molar-refractivity contribution in [1.29, 1.82) is 0 Å². The lowest BCUT2D eigenvalue weighted by atomic mass is 10.1. The molecule has 0 N–H and O–H groups in total. The van der Waals surface area contributed by atoms with Crippen LogP contribution in [0.15, 0.2) is 51.7 Å². The van der Waals surface area contributed by atoms with Gasteiger partial charge in [0.2, 0.25) is 0 Å². The number of nitro groups is 1. The maximum Gasteiger partial charge on any atom is 0.338 e. The summed E-state index contributed by atoms with van der Waals surface area (Å²) in [4.78, 5) is 34.7. The zero-order valence-corrected chi connectivity index (χ0v) is 14.9. The Bertz CT molecular complexity index is 1100. The number of hydrogen-bond acceptors (Lipinski definition) is 6. The molecule has 1 heterocycles. The van der Waals surface area contributed by atoms with Crippen LogP contribution in [-0.4, -0.2) is 10.9 Å². The molecule has 0 fully saturated rings. The highest BCUT2D eigenvalue weighted by molar-refractivity contribution is 5.92. The van der Waals surface area contributed by atoms with E-state index in [9.17, 15) is 19.7 Å². The second-order valence-corrected chi connectivity index (χ2v) is 6.06. The molecular formula is C20H17NO6. The van der Waals surface area contributed by atoms with Gasteiger partial charge in [0.15, 0.2) is 0 Å². The maximum absolute atomic E-state index is 12.4. The molecular weight excluding hydrogens is 350 g/mol. The van der Waals surface area contributed by atoms with Gasteiger partial charge in [-0.1, -0.05) is 25.1 Å². The van der Waals surface area contributed by atoms with E-state index in [-0.39, 0.29) is 23.4 Å². The van der Waals surface area contributed by atoms with E-state index in [0.717, 1.165) is 12.0 Å². The fourth-order valence-corrected chi connectivity index (χ4v) is 2.88. The van der Waals surface area contributed by atoms with E-state index in [0.29, 0.717) is 16.5 Å². The summed E-state index contributed by atoms with van der Waals surface area (Å²) in [6, 6.07) is 11.0. The lowest BCUT2D eigenvalue weighted by Gasteiger charge is -2.09. The van der Waals surface area contributed by atoms with Crippen LogP contribution < -0.4 is 5.63 Å². The van der Waals surface area contributed by atoms with Crippen LogP contribution in [0.2, 0.25) is 0 Å². The van der Waals surface area contributed by atoms with Gasteiger partial charge in [0.05, 0.1) is 10.5 Å². The molecule has 0 aliphatic rings. The quantitative estimate of drug-likeness (QED) is 0.293. The Balaban J connectivity index is 1.89. The molecule has 3 aromatic rings. The molecule has 0 saturated carbocycles. The summed E-state index contributed by atoms with van der Waals surface area (Å²) in [5, 5.41) is 11.7. The Labute approximate surface area is 154 Å². The van der Waals surface area contributed by atoms with Crippen LogP contribution in [0.25, 0.3) is 11.0 Å². The van der Waals surface area contributed by atoms with Gasteiger partial charge in [0, 0.05) is 28.6 Å². The first-order valence-electron chi connectivity index (χ1n) is 8.37. The SMILES string of the molecule is CCc1ccc2c(COC(=O)c3cccc([N+](=O)[O-])c3C)cc(=O)oc2c1. The molecule has 0 aliphatic carbocycles. The van der Waals surface area contributed by atoms with E-state index in [1.54, 1.807) is 6.07 Å². The normalized spacial score (nSPS) is 10.7. The molecule has 27 heavy (non-hydrogen) atoms. The number of carbonyl (C=O) groups excluding carboxylic acids is 1. The van der Waals surface area contributed by atoms with Crippen molar-refractivity contribution in [3.8, 4) is 0 Å². The summed E-state index contributed by atoms with van der Waals surface area (Å²) in [6.45, 7) is 3.34. The van der Waals surface area contributed by atoms with Gasteiger partial charge in [-0.05, 0) is 31.0 Å². The third-order valence-electron chi connectivity index (χ3n) is 4.38. The summed E-state index contributed by atoms with van der Waals surface area (Å²) in [6.07, 6.45) is 0.797. The maximum atomic E-state index is 12.4. The zero-order chi connectivity index (χ0) is 19.6. The van der Waals surface area contributed by atoms with Gasteiger partial charge < -0.3 is 9.15 Å². The largest absolute Gasteiger partial charge is 0.457 e. The lowest BCUT2D eigenvalue weighted by molar-refractivity contribution is -0.385. The summed E-state index contributed by atoms with van der Waals surface area (Å²) in [7, 11) is 0. The molecule has 0 unspecified atom stereocenters. The van der Waals surface area contributed by atoms with Gasteiger partial charge in [-0.25, -0.2) is 9.59 Å². The molecule has 0 bridgehead atoms. The minimum Gasteiger partial charge on any atom is -0.457 e. The highest BCUT2D eigenvalue weighted by Crippen LogP contribution is 2.23. The van der Waals surface area contributed by atoms with E-state index in [2.05, 4.69) is 0 Å². The smallest absolute Gasteiger partial charge is 0.338 e. The van der Waals surface area contributed by atoms with Crippen LogP contribution in [0.5, 0.6) is 0 Å². The second kappa shape index (κ2) is 7.41. The van der Waals surface area contributed by atoms with Crippen molar-refractivity contribution < 1.29 is 18.9 Å². The Morgan fingerprint density at radius 3 is 2.70 bits per heavy atom. The highest BCUT2D eigenvalue weighted by atomic mass is 16.6. The summed E-state index contributed by atoms with van der Waals surface area (Å²) in [5.41, 5.74) is 1.63. The molecule has 3 rings (SSSR count). The van der Waals surface area contributed by atoms with E-state index in [4.69, 9.17) is 9.15 Å². The molecule has 0 radical (unpaired) electrons. The third-order valence-corrected chi connectivity index (χ3v) is 4.38. The van der Waals surface area contributed by atoms with Crippen molar-refractivity contribution in [2.75, 3.05) is 0 Å². The molecule has 0 saturated heterocycles. The first kappa shape index (κ1) is 18.3. The van der Waals surface area contributed by atoms with Crippen molar-refractivity contribution in [3.05, 3.63) is 85.3 Å². The molecule has 0 amide bonds. The predicted molar refractivity (Wildman–Crippen MR) is 98.8 cm³/mol. The van der Waals surface area contributed by atoms with Gasteiger partial charge in [0.1, 0.15) is 12.2 Å². The van der Waals surface area contributed by atoms with Gasteiger partial charge in [-0.15, -0.1) is 0 Å². The van der Waals surface area contributed by atoms with Crippen molar-refractivity contribution in [1.82, 2.24) is 0 Å². The Morgan fingerprint density at radius 1 is 1.22 bits per heavy atom. The lowest BCUT2D eigenvalue weighted by Crippen LogP contribution is -2.10. The molecule has 7 heteroatoms. The number of nitro benzene ring substituents is 1. The Kier molecular flexibility index (Phi) is 5.03. The minimum atomic E-state index is -0.692. The van der Waals surface area contributed by atoms with Crippen LogP contribution in [0.4, 0.5) is 5.69 Å². The topological polar surface area (TPSA) is 99.6 Å². The third kappa shape index (κ3) is 3.72. The van der Waals surface area contributed by atoms with Crippen LogP contribution in [-0.2, 0) is 17.8 Å². The molecule has 0 spiro atoms. The number of nitrogens with zero attached hydrogens (tertiary/aromatic N) is 1. The van der Waals surface area contributed by atoms with Gasteiger partial charge in [-0.3, -0.25) is 10.1 Å². The summed E-state index contributed by atoms with van der Waals surface area (Å²) in [5.74, 6) is -0.692. The fraction of sp³-hybridized carbons (Fsp3) is 0.200. The molecule has 1 aromatic heterocycles. The van der Waals surface area contributed by atoms with Gasteiger partial charge in [-0.2, -0.15) is 0 Å². The van der Waals surface area contributed by atoms with Crippen LogP contribution >= 0.6 is 0 Å². The first-order valence-corrected chi connectivity index (χ1v) is 8.37. The van der Waals surface area contributed by atoms with Gasteiger partial charge in [0.25, 0.3) is 5.69 Å².